The molecule has 3 nitrogen and oxygen atoms in total. The molecular weight excluding hydrogens is 275 g/mol. The van der Waals surface area contributed by atoms with Gasteiger partial charge in [-0.25, -0.2) is 4.39 Å². The van der Waals surface area contributed by atoms with Crippen molar-refractivity contribution in [3.63, 3.8) is 0 Å². The minimum atomic E-state index is -0.358. The summed E-state index contributed by atoms with van der Waals surface area (Å²) < 4.78 is 13.5. The highest BCUT2D eigenvalue weighted by molar-refractivity contribution is 9.10. The van der Waals surface area contributed by atoms with E-state index in [0.29, 0.717) is 10.2 Å². The molecule has 0 saturated heterocycles. The summed E-state index contributed by atoms with van der Waals surface area (Å²) in [5.74, 6) is -0.358. The van der Waals surface area contributed by atoms with Crippen LogP contribution in [0.5, 0.6) is 0 Å². The fraction of sp³-hybridized carbons (Fsp3) is 0.455. The van der Waals surface area contributed by atoms with Crippen LogP contribution in [0.4, 0.5) is 15.8 Å². The van der Waals surface area contributed by atoms with Crippen LogP contribution in [0.25, 0.3) is 0 Å². The summed E-state index contributed by atoms with van der Waals surface area (Å²) in [5, 5.41) is 11.7. The highest BCUT2D eigenvalue weighted by Gasteiger charge is 2.04. The molecule has 4 N–H and O–H groups in total. The Balaban J connectivity index is 2.45. The maximum atomic E-state index is 13.1. The van der Waals surface area contributed by atoms with E-state index in [1.54, 1.807) is 6.07 Å². The number of nitrogens with one attached hydrogen (secondary N) is 1. The lowest BCUT2D eigenvalue weighted by Crippen LogP contribution is -2.05. The Morgan fingerprint density at radius 1 is 1.31 bits per heavy atom. The van der Waals surface area contributed by atoms with Crippen molar-refractivity contribution < 1.29 is 9.50 Å². The average molecular weight is 291 g/mol. The van der Waals surface area contributed by atoms with Crippen LogP contribution in [0.3, 0.4) is 0 Å². The van der Waals surface area contributed by atoms with Crippen LogP contribution in [0.15, 0.2) is 16.6 Å². The van der Waals surface area contributed by atoms with Gasteiger partial charge in [0, 0.05) is 19.2 Å². The first kappa shape index (κ1) is 13.3. The fourth-order valence-corrected chi connectivity index (χ4v) is 1.70. The molecule has 0 bridgehead atoms. The van der Waals surface area contributed by atoms with Crippen molar-refractivity contribution in [1.82, 2.24) is 0 Å². The normalized spacial score (nSPS) is 10.4. The van der Waals surface area contributed by atoms with Gasteiger partial charge in [0.1, 0.15) is 5.82 Å². The van der Waals surface area contributed by atoms with Crippen LogP contribution in [0.2, 0.25) is 0 Å². The Labute approximate surface area is 103 Å². The molecule has 0 aliphatic rings. The van der Waals surface area contributed by atoms with Crippen LogP contribution in [-0.4, -0.2) is 18.3 Å². The van der Waals surface area contributed by atoms with E-state index in [-0.39, 0.29) is 12.4 Å². The number of hydrogen-bond donors (Lipinski definition) is 3. The Hall–Kier alpha value is -0.810. The number of benzene rings is 1. The molecular formula is C11H16BrFN2O. The van der Waals surface area contributed by atoms with Crippen LogP contribution < -0.4 is 11.1 Å². The van der Waals surface area contributed by atoms with E-state index in [4.69, 9.17) is 10.8 Å². The molecule has 90 valence electrons. The molecule has 1 rings (SSSR count). The van der Waals surface area contributed by atoms with E-state index in [0.717, 1.165) is 31.5 Å². The lowest BCUT2D eigenvalue weighted by molar-refractivity contribution is 0.283. The second-order valence-corrected chi connectivity index (χ2v) is 4.42. The van der Waals surface area contributed by atoms with Gasteiger partial charge in [-0.3, -0.25) is 0 Å². The van der Waals surface area contributed by atoms with Gasteiger partial charge in [0.2, 0.25) is 0 Å². The summed E-state index contributed by atoms with van der Waals surface area (Å²) in [4.78, 5) is 0. The Morgan fingerprint density at radius 3 is 2.75 bits per heavy atom. The SMILES string of the molecule is Nc1cc(F)c(Br)cc1NCCCCCO. The zero-order chi connectivity index (χ0) is 12.0. The minimum absolute atomic E-state index is 0.226. The highest BCUT2D eigenvalue weighted by Crippen LogP contribution is 2.26. The van der Waals surface area contributed by atoms with E-state index in [9.17, 15) is 4.39 Å². The van der Waals surface area contributed by atoms with Crippen LogP contribution in [0, 0.1) is 5.82 Å². The van der Waals surface area contributed by atoms with Crippen molar-refractivity contribution in [3.05, 3.63) is 22.4 Å². The average Bonchev–Trinajstić information content (AvgIpc) is 2.25. The molecule has 0 amide bonds. The summed E-state index contributed by atoms with van der Waals surface area (Å²) in [7, 11) is 0. The zero-order valence-electron chi connectivity index (χ0n) is 8.97. The van der Waals surface area contributed by atoms with Crippen molar-refractivity contribution in [2.75, 3.05) is 24.2 Å². The topological polar surface area (TPSA) is 58.3 Å². The second-order valence-electron chi connectivity index (χ2n) is 3.56. The number of hydrogen-bond acceptors (Lipinski definition) is 3. The first-order valence-electron chi connectivity index (χ1n) is 5.24. The monoisotopic (exact) mass is 290 g/mol. The van der Waals surface area contributed by atoms with Crippen molar-refractivity contribution in [2.24, 2.45) is 0 Å². The molecule has 16 heavy (non-hydrogen) atoms. The minimum Gasteiger partial charge on any atom is -0.397 e. The van der Waals surface area contributed by atoms with Crippen molar-refractivity contribution in [2.45, 2.75) is 19.3 Å². The maximum absolute atomic E-state index is 13.1. The molecule has 0 radical (unpaired) electrons. The van der Waals surface area contributed by atoms with Gasteiger partial charge >= 0.3 is 0 Å². The Kier molecular flexibility index (Phi) is 5.55. The molecule has 5 heteroatoms. The number of aliphatic hydroxyl groups excluding tert-OH is 1. The van der Waals surface area contributed by atoms with Gasteiger partial charge in [0.15, 0.2) is 0 Å². The number of aliphatic hydroxyl groups is 1. The van der Waals surface area contributed by atoms with Crippen LogP contribution in [-0.2, 0) is 0 Å². The van der Waals surface area contributed by atoms with Crippen LogP contribution in [0.1, 0.15) is 19.3 Å². The third-order valence-corrected chi connectivity index (χ3v) is 2.85. The molecule has 0 atom stereocenters. The number of unbranched alkanes of at least 4 members (excludes halogenated alkanes) is 2. The summed E-state index contributed by atoms with van der Waals surface area (Å²) >= 11 is 3.11. The smallest absolute Gasteiger partial charge is 0.139 e. The molecule has 0 aliphatic heterocycles. The number of halogens is 2. The molecule has 0 aromatic heterocycles. The predicted molar refractivity (Wildman–Crippen MR) is 67.9 cm³/mol. The molecule has 0 spiro atoms. The number of nitrogens with two attached hydrogens (primary N) is 1. The van der Waals surface area contributed by atoms with Gasteiger partial charge in [0.25, 0.3) is 0 Å². The van der Waals surface area contributed by atoms with E-state index in [1.807, 2.05) is 0 Å². The molecule has 0 aliphatic carbocycles. The lowest BCUT2D eigenvalue weighted by atomic mass is 10.2. The third kappa shape index (κ3) is 3.98. The standard InChI is InChI=1S/C11H16BrFN2O/c12-8-6-11(10(14)7-9(8)13)15-4-2-1-3-5-16/h6-7,15-16H,1-5,14H2. The number of rotatable bonds is 6. The van der Waals surface area contributed by atoms with E-state index < -0.39 is 0 Å². The van der Waals surface area contributed by atoms with Gasteiger partial charge in [-0.15, -0.1) is 0 Å². The highest BCUT2D eigenvalue weighted by atomic mass is 79.9. The summed E-state index contributed by atoms with van der Waals surface area (Å²) in [6, 6.07) is 2.93. The molecule has 0 heterocycles. The Bertz CT molecular complexity index is 347. The second kappa shape index (κ2) is 6.70. The number of nitrogen functional groups attached to an aromatic ring is 1. The zero-order valence-corrected chi connectivity index (χ0v) is 10.6. The quantitative estimate of drug-likeness (QED) is 0.558. The van der Waals surface area contributed by atoms with Gasteiger partial charge in [-0.05, 0) is 41.3 Å². The molecule has 1 aromatic carbocycles. The Morgan fingerprint density at radius 2 is 2.06 bits per heavy atom. The molecule has 1 aromatic rings. The first-order valence-corrected chi connectivity index (χ1v) is 6.03. The van der Waals surface area contributed by atoms with Crippen molar-refractivity contribution >= 4 is 27.3 Å². The van der Waals surface area contributed by atoms with E-state index >= 15 is 0 Å². The van der Waals surface area contributed by atoms with Gasteiger partial charge in [-0.2, -0.15) is 0 Å². The predicted octanol–water partition coefficient (Wildman–Crippen LogP) is 2.74. The largest absolute Gasteiger partial charge is 0.397 e. The molecule has 0 unspecified atom stereocenters. The van der Waals surface area contributed by atoms with Crippen molar-refractivity contribution in [3.8, 4) is 0 Å². The fourth-order valence-electron chi connectivity index (χ4n) is 1.35. The molecule has 0 saturated carbocycles. The summed E-state index contributed by atoms with van der Waals surface area (Å²) in [6.07, 6.45) is 2.73. The van der Waals surface area contributed by atoms with Crippen LogP contribution >= 0.6 is 15.9 Å². The van der Waals surface area contributed by atoms with Gasteiger partial charge in [-0.1, -0.05) is 0 Å². The summed E-state index contributed by atoms with van der Waals surface area (Å²) in [5.41, 5.74) is 6.81. The van der Waals surface area contributed by atoms with E-state index in [1.165, 1.54) is 6.07 Å². The van der Waals surface area contributed by atoms with Gasteiger partial charge < -0.3 is 16.2 Å². The van der Waals surface area contributed by atoms with Gasteiger partial charge in [0.05, 0.1) is 15.8 Å². The molecule has 0 fully saturated rings. The first-order chi connectivity index (χ1) is 7.65. The summed E-state index contributed by atoms with van der Waals surface area (Å²) in [6.45, 7) is 0.993. The third-order valence-electron chi connectivity index (χ3n) is 2.24. The maximum Gasteiger partial charge on any atom is 0.139 e. The van der Waals surface area contributed by atoms with Crippen molar-refractivity contribution in [1.29, 1.82) is 0 Å². The van der Waals surface area contributed by atoms with E-state index in [2.05, 4.69) is 21.2 Å². The number of anilines is 2. The lowest BCUT2D eigenvalue weighted by Gasteiger charge is -2.10.